The van der Waals surface area contributed by atoms with Gasteiger partial charge >= 0.3 is 6.09 Å². The van der Waals surface area contributed by atoms with Crippen molar-refractivity contribution in [2.45, 2.75) is 25.7 Å². The molecule has 6 heteroatoms. The summed E-state index contributed by atoms with van der Waals surface area (Å²) in [4.78, 5) is 28.9. The van der Waals surface area contributed by atoms with E-state index in [0.29, 0.717) is 44.5 Å². The number of ether oxygens (including phenoxy) is 1. The Bertz CT molecular complexity index is 569. The standard InChI is InChI=1S/C18H26N2O3S/c1-14(2)12-23-18(22)20-10-8-19(9-11-20)17(21)13-24-16-7-5-4-6-15(16)3/h4-7,14H,8-13H2,1-3H3. The Kier molecular flexibility index (Phi) is 6.97. The second kappa shape index (κ2) is 8.97. The molecule has 1 aromatic rings. The van der Waals surface area contributed by atoms with Crippen molar-refractivity contribution >= 4 is 23.8 Å². The molecule has 0 radical (unpaired) electrons. The first-order valence-electron chi connectivity index (χ1n) is 8.35. The first-order valence-corrected chi connectivity index (χ1v) is 9.34. The van der Waals surface area contributed by atoms with Crippen LogP contribution in [0.4, 0.5) is 4.79 Å². The molecule has 1 aliphatic rings. The molecular formula is C18H26N2O3S. The van der Waals surface area contributed by atoms with E-state index in [9.17, 15) is 9.59 Å². The Hall–Kier alpha value is -1.69. The van der Waals surface area contributed by atoms with E-state index >= 15 is 0 Å². The Labute approximate surface area is 148 Å². The maximum absolute atomic E-state index is 12.3. The number of piperazine rings is 1. The lowest BCUT2D eigenvalue weighted by Gasteiger charge is -2.34. The van der Waals surface area contributed by atoms with Crippen molar-refractivity contribution in [2.75, 3.05) is 38.5 Å². The summed E-state index contributed by atoms with van der Waals surface area (Å²) in [5, 5.41) is 0. The van der Waals surface area contributed by atoms with Gasteiger partial charge in [0, 0.05) is 31.1 Å². The quantitative estimate of drug-likeness (QED) is 0.766. The molecule has 1 aliphatic heterocycles. The summed E-state index contributed by atoms with van der Waals surface area (Å²) in [5.41, 5.74) is 1.19. The Morgan fingerprint density at radius 1 is 1.12 bits per heavy atom. The third-order valence-corrected chi connectivity index (χ3v) is 5.04. The molecule has 0 unspecified atom stereocenters. The van der Waals surface area contributed by atoms with Crippen molar-refractivity contribution in [3.63, 3.8) is 0 Å². The number of nitrogens with zero attached hydrogens (tertiary/aromatic N) is 2. The lowest BCUT2D eigenvalue weighted by Crippen LogP contribution is -2.51. The number of thioether (sulfide) groups is 1. The fourth-order valence-electron chi connectivity index (χ4n) is 2.42. The number of carbonyl (C=O) groups is 2. The van der Waals surface area contributed by atoms with Gasteiger partial charge in [0.15, 0.2) is 0 Å². The molecule has 0 bridgehead atoms. The molecule has 0 atom stereocenters. The third kappa shape index (κ3) is 5.44. The van der Waals surface area contributed by atoms with Crippen LogP contribution in [0.15, 0.2) is 29.2 Å². The average molecular weight is 350 g/mol. The fourth-order valence-corrected chi connectivity index (χ4v) is 3.35. The van der Waals surface area contributed by atoms with Gasteiger partial charge in [-0.1, -0.05) is 32.0 Å². The third-order valence-electron chi connectivity index (χ3n) is 3.88. The van der Waals surface area contributed by atoms with Gasteiger partial charge < -0.3 is 14.5 Å². The summed E-state index contributed by atoms with van der Waals surface area (Å²) in [6.07, 6.45) is -0.273. The van der Waals surface area contributed by atoms with Gasteiger partial charge in [-0.15, -0.1) is 11.8 Å². The average Bonchev–Trinajstić information content (AvgIpc) is 2.58. The summed E-state index contributed by atoms with van der Waals surface area (Å²) >= 11 is 1.57. The largest absolute Gasteiger partial charge is 0.449 e. The number of hydrogen-bond acceptors (Lipinski definition) is 4. The minimum atomic E-state index is -0.273. The first-order chi connectivity index (χ1) is 11.5. The van der Waals surface area contributed by atoms with Crippen LogP contribution in [0.5, 0.6) is 0 Å². The number of rotatable bonds is 5. The van der Waals surface area contributed by atoms with Crippen LogP contribution < -0.4 is 0 Å². The van der Waals surface area contributed by atoms with Gasteiger partial charge in [0.2, 0.25) is 5.91 Å². The zero-order chi connectivity index (χ0) is 17.5. The number of benzene rings is 1. The van der Waals surface area contributed by atoms with Crippen molar-refractivity contribution < 1.29 is 14.3 Å². The Morgan fingerprint density at radius 2 is 1.75 bits per heavy atom. The highest BCUT2D eigenvalue weighted by atomic mass is 32.2. The molecule has 1 fully saturated rings. The van der Waals surface area contributed by atoms with E-state index in [4.69, 9.17) is 4.74 Å². The van der Waals surface area contributed by atoms with Crippen LogP contribution in [0, 0.1) is 12.8 Å². The summed E-state index contributed by atoms with van der Waals surface area (Å²) < 4.78 is 5.24. The maximum atomic E-state index is 12.3. The maximum Gasteiger partial charge on any atom is 0.409 e. The molecule has 2 rings (SSSR count). The van der Waals surface area contributed by atoms with Crippen LogP contribution in [0.25, 0.3) is 0 Å². The molecule has 132 valence electrons. The van der Waals surface area contributed by atoms with Gasteiger partial charge in [0.25, 0.3) is 0 Å². The summed E-state index contributed by atoms with van der Waals surface area (Å²) in [6, 6.07) is 8.07. The van der Waals surface area contributed by atoms with Gasteiger partial charge in [0.05, 0.1) is 12.4 Å². The summed E-state index contributed by atoms with van der Waals surface area (Å²) in [6.45, 7) is 8.73. The number of amides is 2. The van der Waals surface area contributed by atoms with E-state index in [0.717, 1.165) is 4.90 Å². The number of carbonyl (C=O) groups excluding carboxylic acids is 2. The molecule has 1 heterocycles. The van der Waals surface area contributed by atoms with Gasteiger partial charge in [-0.2, -0.15) is 0 Å². The van der Waals surface area contributed by atoms with Gasteiger partial charge in [-0.25, -0.2) is 4.79 Å². The normalized spacial score (nSPS) is 14.8. The molecule has 5 nitrogen and oxygen atoms in total. The minimum absolute atomic E-state index is 0.124. The van der Waals surface area contributed by atoms with E-state index in [1.807, 2.05) is 49.9 Å². The number of aryl methyl sites for hydroxylation is 1. The lowest BCUT2D eigenvalue weighted by molar-refractivity contribution is -0.129. The molecule has 0 saturated carbocycles. The summed E-state index contributed by atoms with van der Waals surface area (Å²) in [5.74, 6) is 0.886. The van der Waals surface area contributed by atoms with Crippen molar-refractivity contribution in [3.8, 4) is 0 Å². The molecule has 0 spiro atoms. The van der Waals surface area contributed by atoms with Crippen LogP contribution in [-0.2, 0) is 9.53 Å². The first kappa shape index (κ1) is 18.6. The van der Waals surface area contributed by atoms with Crippen molar-refractivity contribution in [2.24, 2.45) is 5.92 Å². The fraction of sp³-hybridized carbons (Fsp3) is 0.556. The SMILES string of the molecule is Cc1ccccc1SCC(=O)N1CCN(C(=O)OCC(C)C)CC1. The van der Waals surface area contributed by atoms with E-state index in [2.05, 4.69) is 0 Å². The molecule has 1 saturated heterocycles. The monoisotopic (exact) mass is 350 g/mol. The predicted octanol–water partition coefficient (Wildman–Crippen LogP) is 3.02. The highest BCUT2D eigenvalue weighted by molar-refractivity contribution is 8.00. The topological polar surface area (TPSA) is 49.9 Å². The Morgan fingerprint density at radius 3 is 2.38 bits per heavy atom. The van der Waals surface area contributed by atoms with Crippen LogP contribution in [0.3, 0.4) is 0 Å². The van der Waals surface area contributed by atoms with Crippen LogP contribution in [0.2, 0.25) is 0 Å². The van der Waals surface area contributed by atoms with Crippen molar-refractivity contribution in [1.82, 2.24) is 9.80 Å². The Balaban J connectivity index is 1.74. The molecule has 0 N–H and O–H groups in total. The zero-order valence-electron chi connectivity index (χ0n) is 14.7. The molecular weight excluding hydrogens is 324 g/mol. The highest BCUT2D eigenvalue weighted by Gasteiger charge is 2.25. The van der Waals surface area contributed by atoms with Gasteiger partial charge in [0.1, 0.15) is 0 Å². The second-order valence-electron chi connectivity index (χ2n) is 6.39. The van der Waals surface area contributed by atoms with Crippen LogP contribution in [0.1, 0.15) is 19.4 Å². The van der Waals surface area contributed by atoms with Crippen molar-refractivity contribution in [1.29, 1.82) is 0 Å². The van der Waals surface area contributed by atoms with E-state index in [1.165, 1.54) is 5.56 Å². The predicted molar refractivity (Wildman–Crippen MR) is 96.2 cm³/mol. The van der Waals surface area contributed by atoms with Gasteiger partial charge in [-0.3, -0.25) is 4.79 Å². The molecule has 1 aromatic carbocycles. The van der Waals surface area contributed by atoms with Gasteiger partial charge in [-0.05, 0) is 24.5 Å². The molecule has 2 amide bonds. The lowest BCUT2D eigenvalue weighted by atomic mass is 10.2. The van der Waals surface area contributed by atoms with E-state index in [-0.39, 0.29) is 12.0 Å². The highest BCUT2D eigenvalue weighted by Crippen LogP contribution is 2.22. The molecule has 0 aliphatic carbocycles. The minimum Gasteiger partial charge on any atom is -0.449 e. The molecule has 24 heavy (non-hydrogen) atoms. The second-order valence-corrected chi connectivity index (χ2v) is 7.41. The number of hydrogen-bond donors (Lipinski definition) is 0. The smallest absolute Gasteiger partial charge is 0.409 e. The van der Waals surface area contributed by atoms with E-state index in [1.54, 1.807) is 16.7 Å². The zero-order valence-corrected chi connectivity index (χ0v) is 15.5. The van der Waals surface area contributed by atoms with Crippen LogP contribution >= 0.6 is 11.8 Å². The van der Waals surface area contributed by atoms with Crippen LogP contribution in [-0.4, -0.2) is 60.3 Å². The molecule has 0 aromatic heterocycles. The summed E-state index contributed by atoms with van der Waals surface area (Å²) in [7, 11) is 0. The van der Waals surface area contributed by atoms with E-state index < -0.39 is 0 Å². The van der Waals surface area contributed by atoms with Crippen molar-refractivity contribution in [3.05, 3.63) is 29.8 Å².